The number of benzene rings is 8. The van der Waals surface area contributed by atoms with Gasteiger partial charge in [0.05, 0.1) is 0 Å². The van der Waals surface area contributed by atoms with Crippen molar-refractivity contribution in [1.82, 2.24) is 0 Å². The van der Waals surface area contributed by atoms with E-state index < -0.39 is 0 Å². The van der Waals surface area contributed by atoms with Crippen molar-refractivity contribution >= 4 is 34.1 Å². The normalized spacial score (nSPS) is 11.0. The van der Waals surface area contributed by atoms with Crippen LogP contribution in [0.3, 0.4) is 0 Å². The van der Waals surface area contributed by atoms with Crippen molar-refractivity contribution < 1.29 is 0 Å². The zero-order chi connectivity index (χ0) is 37.0. The number of anilines is 6. The van der Waals surface area contributed by atoms with Crippen molar-refractivity contribution in [3.05, 3.63) is 216 Å². The van der Waals surface area contributed by atoms with Crippen molar-refractivity contribution in [2.45, 2.75) is 27.7 Å². The number of hydrogen-bond acceptors (Lipinski definition) is 2. The van der Waals surface area contributed by atoms with E-state index in [-0.39, 0.29) is 0 Å². The van der Waals surface area contributed by atoms with E-state index in [0.29, 0.717) is 0 Å². The van der Waals surface area contributed by atoms with Gasteiger partial charge in [0.25, 0.3) is 0 Å². The summed E-state index contributed by atoms with van der Waals surface area (Å²) in [5, 5.41) is 0. The average Bonchev–Trinajstić information content (AvgIpc) is 3.21. The Labute approximate surface area is 320 Å². The quantitative estimate of drug-likeness (QED) is 0.148. The second-order valence-electron chi connectivity index (χ2n) is 14.0. The van der Waals surface area contributed by atoms with Crippen LogP contribution in [0.5, 0.6) is 0 Å². The van der Waals surface area contributed by atoms with E-state index in [1.807, 2.05) is 0 Å². The molecule has 0 fully saturated rings. The van der Waals surface area contributed by atoms with Gasteiger partial charge in [-0.15, -0.1) is 0 Å². The Kier molecular flexibility index (Phi) is 9.66. The van der Waals surface area contributed by atoms with Crippen molar-refractivity contribution in [2.75, 3.05) is 9.80 Å². The van der Waals surface area contributed by atoms with Crippen LogP contribution >= 0.6 is 0 Å². The van der Waals surface area contributed by atoms with Crippen LogP contribution in [0.1, 0.15) is 22.3 Å². The monoisotopic (exact) mass is 696 g/mol. The molecule has 0 aliphatic heterocycles. The molecule has 0 heterocycles. The summed E-state index contributed by atoms with van der Waals surface area (Å²) in [5.74, 6) is 0. The minimum absolute atomic E-state index is 1.13. The summed E-state index contributed by atoms with van der Waals surface area (Å²) < 4.78 is 0. The van der Waals surface area contributed by atoms with Gasteiger partial charge < -0.3 is 9.80 Å². The molecule has 2 heteroatoms. The smallest absolute Gasteiger partial charge is 0.0490 e. The van der Waals surface area contributed by atoms with Crippen LogP contribution in [-0.2, 0) is 0 Å². The molecule has 54 heavy (non-hydrogen) atoms. The molecule has 8 rings (SSSR count). The first-order valence-corrected chi connectivity index (χ1v) is 18.7. The highest BCUT2D eigenvalue weighted by atomic mass is 15.2. The van der Waals surface area contributed by atoms with Crippen LogP contribution in [0.2, 0.25) is 0 Å². The van der Waals surface area contributed by atoms with E-state index >= 15 is 0 Å². The Balaban J connectivity index is 1.16. The minimum Gasteiger partial charge on any atom is -0.310 e. The molecule has 2 nitrogen and oxygen atoms in total. The molecule has 0 bridgehead atoms. The molecule has 0 aromatic heterocycles. The van der Waals surface area contributed by atoms with Crippen molar-refractivity contribution in [1.29, 1.82) is 0 Å². The molecule has 262 valence electrons. The van der Waals surface area contributed by atoms with E-state index in [2.05, 4.69) is 232 Å². The molecule has 0 saturated heterocycles. The van der Waals surface area contributed by atoms with Gasteiger partial charge >= 0.3 is 0 Å². The summed E-state index contributed by atoms with van der Waals surface area (Å²) in [6.45, 7) is 8.72. The van der Waals surface area contributed by atoms with Crippen LogP contribution in [0.25, 0.3) is 33.4 Å². The molecular formula is C52H44N2. The fraction of sp³-hybridized carbons (Fsp3) is 0.0769. The number of rotatable bonds is 9. The molecule has 8 aromatic carbocycles. The maximum atomic E-state index is 2.37. The lowest BCUT2D eigenvalue weighted by atomic mass is 9.89. The SMILES string of the molecule is Cc1ccccc1N(c1ccc(-c2ccccc2-c2ccccc2-c2ccc(N(c3ccccc3C)c3ccccc3C)cc2)cc1)c1ccccc1C. The van der Waals surface area contributed by atoms with Gasteiger partial charge in [-0.25, -0.2) is 0 Å². The first-order valence-electron chi connectivity index (χ1n) is 18.7. The van der Waals surface area contributed by atoms with Gasteiger partial charge in [-0.2, -0.15) is 0 Å². The van der Waals surface area contributed by atoms with Crippen LogP contribution in [0, 0.1) is 27.7 Å². The lowest BCUT2D eigenvalue weighted by Crippen LogP contribution is -2.12. The summed E-state index contributed by atoms with van der Waals surface area (Å²) in [7, 11) is 0. The van der Waals surface area contributed by atoms with Gasteiger partial charge in [0.2, 0.25) is 0 Å². The van der Waals surface area contributed by atoms with Gasteiger partial charge in [-0.05, 0) is 132 Å². The molecule has 0 unspecified atom stereocenters. The van der Waals surface area contributed by atoms with Gasteiger partial charge in [0, 0.05) is 34.1 Å². The Morgan fingerprint density at radius 3 is 0.759 bits per heavy atom. The van der Waals surface area contributed by atoms with E-state index in [9.17, 15) is 0 Å². The summed E-state index contributed by atoms with van der Waals surface area (Å²) in [6, 6.07) is 70.1. The molecule has 0 aliphatic rings. The molecule has 0 spiro atoms. The van der Waals surface area contributed by atoms with E-state index in [1.165, 1.54) is 78.4 Å². The zero-order valence-corrected chi connectivity index (χ0v) is 31.4. The standard InChI is InChI=1S/C52H44N2/c1-37-17-5-13-25-49(37)53(50-26-14-6-18-38(50)2)43-33-29-41(30-34-43)45-21-9-11-23-47(45)48-24-12-10-22-46(48)42-31-35-44(36-32-42)54(51-27-15-7-19-39(51)3)52-28-16-8-20-40(52)4/h5-36H,1-4H3. The van der Waals surface area contributed by atoms with Crippen molar-refractivity contribution in [2.24, 2.45) is 0 Å². The van der Waals surface area contributed by atoms with Crippen molar-refractivity contribution in [3.63, 3.8) is 0 Å². The first-order chi connectivity index (χ1) is 26.5. The highest BCUT2D eigenvalue weighted by Crippen LogP contribution is 2.43. The second kappa shape index (κ2) is 15.1. The third-order valence-electron chi connectivity index (χ3n) is 10.4. The van der Waals surface area contributed by atoms with Gasteiger partial charge in [0.15, 0.2) is 0 Å². The summed E-state index contributed by atoms with van der Waals surface area (Å²) in [5.41, 5.74) is 19.1. The molecule has 0 N–H and O–H groups in total. The molecular weight excluding hydrogens is 653 g/mol. The molecule has 0 aliphatic carbocycles. The molecule has 0 radical (unpaired) electrons. The third kappa shape index (κ3) is 6.71. The highest BCUT2D eigenvalue weighted by Gasteiger charge is 2.19. The van der Waals surface area contributed by atoms with Gasteiger partial charge in [0.1, 0.15) is 0 Å². The number of aryl methyl sites for hydroxylation is 4. The molecule has 0 atom stereocenters. The number of nitrogens with zero attached hydrogens (tertiary/aromatic N) is 2. The zero-order valence-electron chi connectivity index (χ0n) is 31.4. The minimum atomic E-state index is 1.13. The summed E-state index contributed by atoms with van der Waals surface area (Å²) >= 11 is 0. The van der Waals surface area contributed by atoms with Crippen LogP contribution < -0.4 is 9.80 Å². The van der Waals surface area contributed by atoms with Crippen LogP contribution in [0.15, 0.2) is 194 Å². The summed E-state index contributed by atoms with van der Waals surface area (Å²) in [6.07, 6.45) is 0. The fourth-order valence-corrected chi connectivity index (χ4v) is 7.59. The van der Waals surface area contributed by atoms with E-state index in [1.54, 1.807) is 0 Å². The lowest BCUT2D eigenvalue weighted by molar-refractivity contribution is 1.23. The lowest BCUT2D eigenvalue weighted by Gasteiger charge is -2.28. The molecule has 8 aromatic rings. The largest absolute Gasteiger partial charge is 0.310 e. The highest BCUT2D eigenvalue weighted by molar-refractivity contribution is 5.93. The second-order valence-corrected chi connectivity index (χ2v) is 14.0. The Morgan fingerprint density at radius 2 is 0.481 bits per heavy atom. The topological polar surface area (TPSA) is 6.48 Å². The number of para-hydroxylation sites is 4. The Hall–Kier alpha value is -6.64. The predicted molar refractivity (Wildman–Crippen MR) is 231 cm³/mol. The van der Waals surface area contributed by atoms with Crippen LogP contribution in [0.4, 0.5) is 34.1 Å². The van der Waals surface area contributed by atoms with Gasteiger partial charge in [-0.1, -0.05) is 146 Å². The maximum absolute atomic E-state index is 2.37. The van der Waals surface area contributed by atoms with Gasteiger partial charge in [-0.3, -0.25) is 0 Å². The van der Waals surface area contributed by atoms with Crippen molar-refractivity contribution in [3.8, 4) is 33.4 Å². The molecule has 0 saturated carbocycles. The van der Waals surface area contributed by atoms with E-state index in [0.717, 1.165) is 11.4 Å². The third-order valence-corrected chi connectivity index (χ3v) is 10.4. The van der Waals surface area contributed by atoms with Crippen LogP contribution in [-0.4, -0.2) is 0 Å². The number of hydrogen-bond donors (Lipinski definition) is 0. The predicted octanol–water partition coefficient (Wildman–Crippen LogP) is 14.9. The Bertz CT molecular complexity index is 2270. The first kappa shape index (κ1) is 34.4. The van der Waals surface area contributed by atoms with E-state index in [4.69, 9.17) is 0 Å². The summed E-state index contributed by atoms with van der Waals surface area (Å²) in [4.78, 5) is 4.75. The maximum Gasteiger partial charge on any atom is 0.0490 e. The average molecular weight is 697 g/mol. The molecule has 0 amide bonds. The Morgan fingerprint density at radius 1 is 0.241 bits per heavy atom. The fourth-order valence-electron chi connectivity index (χ4n) is 7.59.